The topological polar surface area (TPSA) is 87.0 Å². The molecule has 37 heavy (non-hydrogen) atoms. The number of carbonyl (C=O) groups excluding carboxylic acids is 2. The highest BCUT2D eigenvalue weighted by Gasteiger charge is 2.14. The van der Waals surface area contributed by atoms with Crippen molar-refractivity contribution in [2.75, 3.05) is 11.9 Å². The van der Waals surface area contributed by atoms with Crippen molar-refractivity contribution < 1.29 is 28.2 Å². The molecule has 0 aliphatic rings. The minimum Gasteiger partial charge on any atom is -0.489 e. The first-order valence-corrected chi connectivity index (χ1v) is 13.6. The molecular formula is C29H38BrNO6. The maximum Gasteiger partial charge on any atom is 0.411 e. The highest BCUT2D eigenvalue weighted by atomic mass is 79.9. The minimum atomic E-state index is -0.562. The Bertz CT molecular complexity index is 1140. The number of ether oxygens (including phenoxy) is 3. The summed E-state index contributed by atoms with van der Waals surface area (Å²) in [6, 6.07) is 10.8. The van der Waals surface area contributed by atoms with E-state index in [-0.39, 0.29) is 25.1 Å². The number of fused-ring (bicyclic) bond motifs is 1. The molecule has 0 spiro atoms. The van der Waals surface area contributed by atoms with Crippen molar-refractivity contribution in [3.8, 4) is 5.75 Å². The molecule has 0 fully saturated rings. The molecule has 8 heteroatoms. The van der Waals surface area contributed by atoms with Gasteiger partial charge in [-0.15, -0.1) is 0 Å². The standard InChI is InChI=1S/C23H24BrNO6.C6H14/c1-4-28-21(26)11-16-5-6-18(25-23(27)31-14(2)3)12-20(16)30-13-15-9-17-7-8-29-22(17)19(24)10-15;1-3-5-6-4-2/h5-10,12,14H,4,11,13H2,1-3H3,(H,25,27);3-6H2,1-2H3. The van der Waals surface area contributed by atoms with Crippen LogP contribution < -0.4 is 10.1 Å². The van der Waals surface area contributed by atoms with E-state index in [1.54, 1.807) is 45.2 Å². The zero-order chi connectivity index (χ0) is 27.2. The number of hydrogen-bond acceptors (Lipinski definition) is 6. The third-order valence-corrected chi connectivity index (χ3v) is 5.80. The number of esters is 1. The summed E-state index contributed by atoms with van der Waals surface area (Å²) in [6.45, 7) is 10.3. The van der Waals surface area contributed by atoms with E-state index < -0.39 is 6.09 Å². The van der Waals surface area contributed by atoms with Crippen LogP contribution in [0.3, 0.4) is 0 Å². The lowest BCUT2D eigenvalue weighted by Gasteiger charge is -2.15. The van der Waals surface area contributed by atoms with E-state index in [1.165, 1.54) is 25.7 Å². The quantitative estimate of drug-likeness (QED) is 0.182. The summed E-state index contributed by atoms with van der Waals surface area (Å²) in [4.78, 5) is 23.9. The van der Waals surface area contributed by atoms with E-state index in [4.69, 9.17) is 18.6 Å². The number of amides is 1. The largest absolute Gasteiger partial charge is 0.489 e. The van der Waals surface area contributed by atoms with Crippen molar-refractivity contribution in [2.45, 2.75) is 79.4 Å². The summed E-state index contributed by atoms with van der Waals surface area (Å²) in [5.74, 6) is 0.119. The molecule has 3 rings (SSSR count). The van der Waals surface area contributed by atoms with Crippen molar-refractivity contribution in [1.82, 2.24) is 0 Å². The number of furan rings is 1. The van der Waals surface area contributed by atoms with E-state index in [2.05, 4.69) is 35.1 Å². The van der Waals surface area contributed by atoms with Gasteiger partial charge in [0.25, 0.3) is 0 Å². The van der Waals surface area contributed by atoms with Gasteiger partial charge in [-0.05, 0) is 66.5 Å². The number of halogens is 1. The highest BCUT2D eigenvalue weighted by Crippen LogP contribution is 2.29. The molecule has 1 heterocycles. The maximum atomic E-state index is 12.0. The number of anilines is 1. The molecule has 1 amide bonds. The summed E-state index contributed by atoms with van der Waals surface area (Å²) >= 11 is 3.50. The third-order valence-electron chi connectivity index (χ3n) is 5.21. The molecular weight excluding hydrogens is 538 g/mol. The summed E-state index contributed by atoms with van der Waals surface area (Å²) in [6.07, 6.45) is 6.42. The van der Waals surface area contributed by atoms with E-state index in [0.29, 0.717) is 23.6 Å². The lowest BCUT2D eigenvalue weighted by molar-refractivity contribution is -0.142. The number of carbonyl (C=O) groups is 2. The molecule has 0 bridgehead atoms. The van der Waals surface area contributed by atoms with Crippen molar-refractivity contribution in [3.05, 3.63) is 58.3 Å². The Hall–Kier alpha value is -3.00. The van der Waals surface area contributed by atoms with E-state index >= 15 is 0 Å². The van der Waals surface area contributed by atoms with Crippen LogP contribution in [0.15, 0.2) is 51.6 Å². The molecule has 7 nitrogen and oxygen atoms in total. The van der Waals surface area contributed by atoms with E-state index in [9.17, 15) is 9.59 Å². The van der Waals surface area contributed by atoms with Gasteiger partial charge < -0.3 is 18.6 Å². The van der Waals surface area contributed by atoms with Crippen LogP contribution in [0.2, 0.25) is 0 Å². The van der Waals surface area contributed by atoms with Crippen LogP contribution in [-0.2, 0) is 27.3 Å². The van der Waals surface area contributed by atoms with Gasteiger partial charge in [-0.25, -0.2) is 4.79 Å². The fraction of sp³-hybridized carbons (Fsp3) is 0.448. The van der Waals surface area contributed by atoms with Gasteiger partial charge in [0.15, 0.2) is 0 Å². The minimum absolute atomic E-state index is 0.0599. The Labute approximate surface area is 228 Å². The zero-order valence-corrected chi connectivity index (χ0v) is 24.0. The predicted octanol–water partition coefficient (Wildman–Crippen LogP) is 8.42. The van der Waals surface area contributed by atoms with Crippen LogP contribution >= 0.6 is 15.9 Å². The second-order valence-corrected chi connectivity index (χ2v) is 9.65. The highest BCUT2D eigenvalue weighted by molar-refractivity contribution is 9.10. The van der Waals surface area contributed by atoms with E-state index in [1.807, 2.05) is 18.2 Å². The van der Waals surface area contributed by atoms with Crippen LogP contribution in [0.4, 0.5) is 10.5 Å². The van der Waals surface area contributed by atoms with Crippen molar-refractivity contribution >= 4 is 44.6 Å². The van der Waals surface area contributed by atoms with Crippen LogP contribution in [0, 0.1) is 0 Å². The Morgan fingerprint density at radius 3 is 2.41 bits per heavy atom. The monoisotopic (exact) mass is 575 g/mol. The summed E-state index contributed by atoms with van der Waals surface area (Å²) in [5.41, 5.74) is 2.84. The van der Waals surface area contributed by atoms with Crippen LogP contribution in [0.25, 0.3) is 11.0 Å². The molecule has 0 aliphatic carbocycles. The van der Waals surface area contributed by atoms with Crippen molar-refractivity contribution in [1.29, 1.82) is 0 Å². The molecule has 1 aromatic heterocycles. The third kappa shape index (κ3) is 10.5. The fourth-order valence-electron chi connectivity index (χ4n) is 3.48. The molecule has 0 radical (unpaired) electrons. The molecule has 0 saturated carbocycles. The van der Waals surface area contributed by atoms with Gasteiger partial charge in [0.2, 0.25) is 0 Å². The summed E-state index contributed by atoms with van der Waals surface area (Å²) in [5, 5.41) is 3.62. The Morgan fingerprint density at radius 1 is 1.03 bits per heavy atom. The molecule has 0 saturated heterocycles. The average Bonchev–Trinajstić information content (AvgIpc) is 3.32. The van der Waals surface area contributed by atoms with Crippen molar-refractivity contribution in [2.24, 2.45) is 0 Å². The number of benzene rings is 2. The van der Waals surface area contributed by atoms with Crippen LogP contribution in [0.1, 0.15) is 71.4 Å². The van der Waals surface area contributed by atoms with Gasteiger partial charge in [0, 0.05) is 22.7 Å². The number of rotatable bonds is 11. The second-order valence-electron chi connectivity index (χ2n) is 8.80. The Balaban J connectivity index is 0.000000717. The number of nitrogens with one attached hydrogen (secondary N) is 1. The summed E-state index contributed by atoms with van der Waals surface area (Å²) < 4.78 is 22.5. The lowest BCUT2D eigenvalue weighted by Crippen LogP contribution is -2.18. The van der Waals surface area contributed by atoms with Gasteiger partial charge >= 0.3 is 12.1 Å². The molecule has 0 aliphatic heterocycles. The smallest absolute Gasteiger partial charge is 0.411 e. The second kappa shape index (κ2) is 16.0. The fourth-order valence-corrected chi connectivity index (χ4v) is 4.10. The SMILES string of the molecule is CCCCCC.CCOC(=O)Cc1ccc(NC(=O)OC(C)C)cc1OCc1cc(Br)c2occc2c1. The molecule has 0 atom stereocenters. The first-order chi connectivity index (χ1) is 17.8. The maximum absolute atomic E-state index is 12.0. The molecule has 3 aromatic rings. The van der Waals surface area contributed by atoms with E-state index in [0.717, 1.165) is 21.0 Å². The predicted molar refractivity (Wildman–Crippen MR) is 150 cm³/mol. The Kier molecular flexibility index (Phi) is 13.0. The molecule has 0 unspecified atom stereocenters. The average molecular weight is 577 g/mol. The zero-order valence-electron chi connectivity index (χ0n) is 22.4. The molecule has 1 N–H and O–H groups in total. The van der Waals surface area contributed by atoms with Gasteiger partial charge in [0.05, 0.1) is 29.9 Å². The molecule has 2 aromatic carbocycles. The number of hydrogen-bond donors (Lipinski definition) is 1. The van der Waals surface area contributed by atoms with Crippen LogP contribution in [-0.4, -0.2) is 24.8 Å². The van der Waals surface area contributed by atoms with Crippen LogP contribution in [0.5, 0.6) is 5.75 Å². The first-order valence-electron chi connectivity index (χ1n) is 12.8. The van der Waals surface area contributed by atoms with Gasteiger partial charge in [-0.2, -0.15) is 0 Å². The van der Waals surface area contributed by atoms with Gasteiger partial charge in [0.1, 0.15) is 17.9 Å². The van der Waals surface area contributed by atoms with Crippen molar-refractivity contribution in [3.63, 3.8) is 0 Å². The van der Waals surface area contributed by atoms with Gasteiger partial charge in [-0.1, -0.05) is 45.6 Å². The summed E-state index contributed by atoms with van der Waals surface area (Å²) in [7, 11) is 0. The normalized spacial score (nSPS) is 10.6. The first kappa shape index (κ1) is 30.2. The Morgan fingerprint density at radius 2 is 1.76 bits per heavy atom. The lowest BCUT2D eigenvalue weighted by atomic mass is 10.1. The number of unbranched alkanes of at least 4 members (excludes halogenated alkanes) is 3. The van der Waals surface area contributed by atoms with Gasteiger partial charge in [-0.3, -0.25) is 10.1 Å². The molecule has 202 valence electrons.